The summed E-state index contributed by atoms with van der Waals surface area (Å²) in [7, 11) is 1.69. The van der Waals surface area contributed by atoms with Gasteiger partial charge in [0.05, 0.1) is 45.8 Å². The van der Waals surface area contributed by atoms with Crippen molar-refractivity contribution in [2.24, 2.45) is 18.4 Å². The summed E-state index contributed by atoms with van der Waals surface area (Å²) >= 11 is 6.93. The molecule has 2 bridgehead atoms. The van der Waals surface area contributed by atoms with Gasteiger partial charge < -0.3 is 19.7 Å². The maximum absolute atomic E-state index is 14.3. The van der Waals surface area contributed by atoms with E-state index in [1.54, 1.807) is 37.5 Å². The molecule has 1 atom stereocenters. The third kappa shape index (κ3) is 5.66. The third-order valence-corrected chi connectivity index (χ3v) is 9.90. The molecule has 252 valence electrons. The van der Waals surface area contributed by atoms with Crippen LogP contribution in [0.3, 0.4) is 0 Å². The van der Waals surface area contributed by atoms with Gasteiger partial charge in [0.25, 0.3) is 5.56 Å². The van der Waals surface area contributed by atoms with Crippen molar-refractivity contribution in [3.8, 4) is 6.07 Å². The lowest BCUT2D eigenvalue weighted by atomic mass is 9.50. The summed E-state index contributed by atoms with van der Waals surface area (Å²) in [6.45, 7) is 6.14. The molecule has 2 N–H and O–H groups in total. The molecular weight excluding hydrogens is 644 g/mol. The minimum Gasteiger partial charge on any atom is -0.447 e. The van der Waals surface area contributed by atoms with Gasteiger partial charge in [-0.1, -0.05) is 49.7 Å². The second-order valence-corrected chi connectivity index (χ2v) is 14.7. The Bertz CT molecular complexity index is 2200. The van der Waals surface area contributed by atoms with Crippen LogP contribution in [0.25, 0.3) is 21.7 Å². The summed E-state index contributed by atoms with van der Waals surface area (Å²) in [5.74, 6) is 0.704. The highest BCUT2D eigenvalue weighted by molar-refractivity contribution is 6.36. The van der Waals surface area contributed by atoms with Gasteiger partial charge >= 0.3 is 6.09 Å². The molecule has 3 aliphatic rings. The van der Waals surface area contributed by atoms with E-state index < -0.39 is 12.1 Å². The van der Waals surface area contributed by atoms with E-state index in [9.17, 15) is 20.0 Å². The Morgan fingerprint density at radius 3 is 2.67 bits per heavy atom. The normalized spacial score (nSPS) is 18.8. The summed E-state index contributed by atoms with van der Waals surface area (Å²) < 4.78 is 9.02. The van der Waals surface area contributed by atoms with Crippen LogP contribution < -0.4 is 15.8 Å². The fourth-order valence-corrected chi connectivity index (χ4v) is 7.25. The molecule has 3 saturated carbocycles. The number of hydrogen-bond acceptors (Lipinski definition) is 9. The molecule has 49 heavy (non-hydrogen) atoms. The van der Waals surface area contributed by atoms with Crippen LogP contribution in [-0.2, 0) is 17.3 Å². The van der Waals surface area contributed by atoms with Crippen LogP contribution in [0.4, 0.5) is 16.2 Å². The number of hydrogen-bond donors (Lipinski definition) is 2. The predicted octanol–water partition coefficient (Wildman–Crippen LogP) is 5.90. The number of aliphatic hydroxyl groups is 1. The fraction of sp³-hybridized carbons (Fsp3) is 0.389. The van der Waals surface area contributed by atoms with Gasteiger partial charge in [-0.25, -0.2) is 9.48 Å². The van der Waals surface area contributed by atoms with Gasteiger partial charge in [-0.15, -0.1) is 5.10 Å². The number of aromatic nitrogens is 5. The third-order valence-electron chi connectivity index (χ3n) is 9.61. The molecule has 0 aliphatic heterocycles. The molecular formula is C36H37ClN8O4. The van der Waals surface area contributed by atoms with Crippen molar-refractivity contribution in [2.45, 2.75) is 51.6 Å². The van der Waals surface area contributed by atoms with Gasteiger partial charge in [0.1, 0.15) is 24.4 Å². The van der Waals surface area contributed by atoms with Crippen LogP contribution in [0.15, 0.2) is 59.8 Å². The van der Waals surface area contributed by atoms with Gasteiger partial charge in [0.15, 0.2) is 0 Å². The van der Waals surface area contributed by atoms with E-state index in [-0.39, 0.29) is 34.7 Å². The van der Waals surface area contributed by atoms with E-state index in [4.69, 9.17) is 16.3 Å². The molecule has 3 fully saturated rings. The number of aliphatic hydroxyl groups excluding tert-OH is 1. The number of ether oxygens (including phenoxy) is 1. The van der Waals surface area contributed by atoms with E-state index in [0.717, 1.165) is 19.3 Å². The van der Waals surface area contributed by atoms with Gasteiger partial charge in [0.2, 0.25) is 0 Å². The zero-order valence-corrected chi connectivity index (χ0v) is 28.5. The summed E-state index contributed by atoms with van der Waals surface area (Å²) in [4.78, 5) is 33.5. The molecule has 12 nitrogen and oxygen atoms in total. The van der Waals surface area contributed by atoms with Crippen LogP contribution in [0.2, 0.25) is 5.02 Å². The van der Waals surface area contributed by atoms with E-state index in [1.807, 2.05) is 23.0 Å². The van der Waals surface area contributed by atoms with Crippen molar-refractivity contribution >= 4 is 50.7 Å². The summed E-state index contributed by atoms with van der Waals surface area (Å²) in [5, 5.41) is 34.2. The van der Waals surface area contributed by atoms with Crippen LogP contribution in [0.5, 0.6) is 0 Å². The van der Waals surface area contributed by atoms with Crippen LogP contribution in [0.1, 0.15) is 62.9 Å². The van der Waals surface area contributed by atoms with Crippen molar-refractivity contribution in [3.63, 3.8) is 0 Å². The van der Waals surface area contributed by atoms with E-state index in [0.29, 0.717) is 62.3 Å². The average molecular weight is 681 g/mol. The zero-order valence-electron chi connectivity index (χ0n) is 27.8. The minimum atomic E-state index is -0.935. The van der Waals surface area contributed by atoms with E-state index >= 15 is 0 Å². The first-order valence-corrected chi connectivity index (χ1v) is 16.6. The number of halogens is 1. The number of amides is 1. The Balaban J connectivity index is 1.48. The monoisotopic (exact) mass is 680 g/mol. The van der Waals surface area contributed by atoms with Crippen molar-refractivity contribution in [1.82, 2.24) is 24.5 Å². The number of fused-ring (bicyclic) bond motifs is 2. The second kappa shape index (κ2) is 12.2. The lowest BCUT2D eigenvalue weighted by Gasteiger charge is -2.61. The maximum atomic E-state index is 14.3. The van der Waals surface area contributed by atoms with Crippen LogP contribution in [0, 0.1) is 22.7 Å². The van der Waals surface area contributed by atoms with Crippen LogP contribution in [-0.4, -0.2) is 55.5 Å². The first-order valence-electron chi connectivity index (χ1n) is 16.3. The topological polar surface area (TPSA) is 151 Å². The standard InChI is InChI=1S/C36H37ClN8O4/c1-35(2,3)20-40-30-22(17-38)18-39-31-27(30)12-23(13-28(31)37)45(34(48)49-11-10-46)32(29-19-44(42-41-29)36-14-21(15-36)16-36)25-6-5-7-26-24(25)8-9-43(4)33(26)47/h5-9,12-13,18-19,21,32,46H,10-11,14-16,20H2,1-4H3,(H,39,40)/t21?,32-,36?/m0/s1. The highest BCUT2D eigenvalue weighted by atomic mass is 35.5. The first kappa shape index (κ1) is 32.6. The Kier molecular flexibility index (Phi) is 8.08. The maximum Gasteiger partial charge on any atom is 0.415 e. The molecule has 3 heterocycles. The molecule has 0 unspecified atom stereocenters. The number of benzene rings is 2. The lowest BCUT2D eigenvalue weighted by molar-refractivity contribution is -0.0989. The first-order chi connectivity index (χ1) is 23.4. The Morgan fingerprint density at radius 1 is 1.22 bits per heavy atom. The number of nitrogens with zero attached hydrogens (tertiary/aromatic N) is 7. The smallest absolute Gasteiger partial charge is 0.415 e. The number of anilines is 2. The average Bonchev–Trinajstić information content (AvgIpc) is 3.49. The summed E-state index contributed by atoms with van der Waals surface area (Å²) in [6.07, 6.45) is 7.37. The molecule has 1 amide bonds. The van der Waals surface area contributed by atoms with E-state index in [1.165, 1.54) is 15.7 Å². The number of carbonyl (C=O) groups is 1. The second-order valence-electron chi connectivity index (χ2n) is 14.3. The number of pyridine rings is 2. The number of nitrogens with one attached hydrogen (secondary N) is 1. The Labute approximate surface area is 287 Å². The lowest BCUT2D eigenvalue weighted by Crippen LogP contribution is -2.59. The zero-order chi connectivity index (χ0) is 34.7. The van der Waals surface area contributed by atoms with E-state index in [2.05, 4.69) is 47.5 Å². The SMILES string of the molecule is Cn1ccc2c([C@@H](c3cn(C45CC(C4)C5)nn3)N(C(=O)OCCO)c3cc(Cl)c4ncc(C#N)c(NCC(C)(C)C)c4c3)cccc2c1=O. The molecule has 13 heteroatoms. The van der Waals surface area contributed by atoms with Gasteiger partial charge in [-0.2, -0.15) is 5.26 Å². The summed E-state index contributed by atoms with van der Waals surface area (Å²) in [6, 6.07) is 11.9. The molecule has 5 aromatic rings. The van der Waals surface area contributed by atoms with Crippen LogP contribution >= 0.6 is 11.6 Å². The van der Waals surface area contributed by atoms with Crippen molar-refractivity contribution in [3.05, 3.63) is 87.2 Å². The molecule has 0 radical (unpaired) electrons. The Morgan fingerprint density at radius 2 is 2.00 bits per heavy atom. The molecule has 0 saturated heterocycles. The summed E-state index contributed by atoms with van der Waals surface area (Å²) in [5.41, 5.74) is 2.34. The number of rotatable bonds is 9. The van der Waals surface area contributed by atoms with Gasteiger partial charge in [0, 0.05) is 36.8 Å². The number of nitriles is 1. The molecule has 2 aromatic carbocycles. The van der Waals surface area contributed by atoms with Crippen molar-refractivity contribution in [1.29, 1.82) is 5.26 Å². The fourth-order valence-electron chi connectivity index (χ4n) is 6.99. The van der Waals surface area contributed by atoms with Gasteiger partial charge in [-0.05, 0) is 65.8 Å². The van der Waals surface area contributed by atoms with Gasteiger partial charge in [-0.3, -0.25) is 14.7 Å². The highest BCUT2D eigenvalue weighted by Crippen LogP contribution is 2.62. The Hall–Kier alpha value is -4.99. The molecule has 3 aromatic heterocycles. The predicted molar refractivity (Wildman–Crippen MR) is 187 cm³/mol. The quantitative estimate of drug-likeness (QED) is 0.194. The number of carbonyl (C=O) groups excluding carboxylic acids is 1. The molecule has 3 aliphatic carbocycles. The molecule has 0 spiro atoms. The van der Waals surface area contributed by atoms with Crippen molar-refractivity contribution in [2.75, 3.05) is 30.0 Å². The largest absolute Gasteiger partial charge is 0.447 e. The number of aryl methyl sites for hydroxylation is 1. The van der Waals surface area contributed by atoms with Crippen molar-refractivity contribution < 1.29 is 14.6 Å². The minimum absolute atomic E-state index is 0.0728. The molecule has 8 rings (SSSR count). The highest BCUT2D eigenvalue weighted by Gasteiger charge is 2.59.